The summed E-state index contributed by atoms with van der Waals surface area (Å²) in [5.74, 6) is 0. The average molecular weight is 208 g/mol. The Morgan fingerprint density at radius 3 is 2.36 bits per heavy atom. The second kappa shape index (κ2) is 4.87. The number of hydrogen-bond acceptors (Lipinski definition) is 1. The van der Waals surface area contributed by atoms with Crippen molar-refractivity contribution in [1.82, 2.24) is 5.32 Å². The van der Waals surface area contributed by atoms with Crippen LogP contribution in [0.3, 0.4) is 0 Å². The van der Waals surface area contributed by atoms with Crippen LogP contribution < -0.4 is 5.32 Å². The van der Waals surface area contributed by atoms with Gasteiger partial charge >= 0.3 is 0 Å². The van der Waals surface area contributed by atoms with Crippen molar-refractivity contribution >= 4 is 11.6 Å². The van der Waals surface area contributed by atoms with E-state index in [-0.39, 0.29) is 0 Å². The normalized spacial score (nSPS) is 9.57. The van der Waals surface area contributed by atoms with Gasteiger partial charge in [-0.15, -0.1) is 0 Å². The van der Waals surface area contributed by atoms with Crippen LogP contribution in [0, 0.1) is 0 Å². The third-order valence-corrected chi connectivity index (χ3v) is 2.19. The van der Waals surface area contributed by atoms with Gasteiger partial charge in [0.25, 0.3) is 0 Å². The van der Waals surface area contributed by atoms with E-state index >= 15 is 0 Å². The molecule has 2 heteroatoms. The van der Waals surface area contributed by atoms with Crippen LogP contribution in [0.4, 0.5) is 0 Å². The Bertz CT molecular complexity index is 338. The Labute approximate surface area is 90.1 Å². The molecule has 0 saturated carbocycles. The summed E-state index contributed by atoms with van der Waals surface area (Å²) in [7, 11) is 0. The molecule has 14 heavy (non-hydrogen) atoms. The highest BCUT2D eigenvalue weighted by atomic mass is 35.5. The van der Waals surface area contributed by atoms with Crippen LogP contribution in [0.15, 0.2) is 48.7 Å². The molecule has 0 spiro atoms. The van der Waals surface area contributed by atoms with Crippen LogP contribution >= 0.6 is 11.6 Å². The molecule has 1 aromatic rings. The third-order valence-electron chi connectivity index (χ3n) is 1.93. The third kappa shape index (κ3) is 3.27. The van der Waals surface area contributed by atoms with Gasteiger partial charge in [-0.2, -0.15) is 0 Å². The second-order valence-corrected chi connectivity index (χ2v) is 3.68. The van der Waals surface area contributed by atoms with E-state index in [1.165, 1.54) is 5.56 Å². The van der Waals surface area contributed by atoms with Gasteiger partial charge in [-0.05, 0) is 30.2 Å². The Kier molecular flexibility index (Phi) is 3.78. The van der Waals surface area contributed by atoms with Crippen molar-refractivity contribution in [3.63, 3.8) is 0 Å². The minimum atomic E-state index is 0.753. The smallest absolute Gasteiger partial charge is 0.0406 e. The second-order valence-electron chi connectivity index (χ2n) is 3.24. The predicted octanol–water partition coefficient (Wildman–Crippen LogP) is 3.52. The lowest BCUT2D eigenvalue weighted by atomic mass is 10.2. The standard InChI is InChI=1S/C12H14ClN/c1-9(2)10(3)14-8-11-4-6-12(13)7-5-11/h4-7,14H,1,3,8H2,2H3. The number of halogens is 1. The van der Waals surface area contributed by atoms with E-state index in [4.69, 9.17) is 11.6 Å². The van der Waals surface area contributed by atoms with Crippen LogP contribution in [0.25, 0.3) is 0 Å². The van der Waals surface area contributed by atoms with Gasteiger partial charge < -0.3 is 5.32 Å². The van der Waals surface area contributed by atoms with Crippen molar-refractivity contribution in [1.29, 1.82) is 0 Å². The van der Waals surface area contributed by atoms with Crippen molar-refractivity contribution < 1.29 is 0 Å². The molecule has 0 aromatic heterocycles. The molecule has 0 saturated heterocycles. The maximum absolute atomic E-state index is 5.77. The zero-order chi connectivity index (χ0) is 10.6. The molecule has 74 valence electrons. The summed E-state index contributed by atoms with van der Waals surface area (Å²) in [6.07, 6.45) is 0. The van der Waals surface area contributed by atoms with Crippen molar-refractivity contribution in [2.24, 2.45) is 0 Å². The van der Waals surface area contributed by atoms with Gasteiger partial charge in [0.15, 0.2) is 0 Å². The van der Waals surface area contributed by atoms with E-state index in [0.717, 1.165) is 22.8 Å². The summed E-state index contributed by atoms with van der Waals surface area (Å²) in [4.78, 5) is 0. The maximum atomic E-state index is 5.77. The zero-order valence-electron chi connectivity index (χ0n) is 8.31. The number of hydrogen-bond donors (Lipinski definition) is 1. The van der Waals surface area contributed by atoms with Crippen LogP contribution in [-0.2, 0) is 6.54 Å². The molecular weight excluding hydrogens is 194 g/mol. The van der Waals surface area contributed by atoms with Crippen molar-refractivity contribution in [2.45, 2.75) is 13.5 Å². The predicted molar refractivity (Wildman–Crippen MR) is 62.2 cm³/mol. The van der Waals surface area contributed by atoms with Crippen LogP contribution in [0.5, 0.6) is 0 Å². The lowest BCUT2D eigenvalue weighted by Gasteiger charge is -2.08. The quantitative estimate of drug-likeness (QED) is 0.745. The molecule has 0 unspecified atom stereocenters. The van der Waals surface area contributed by atoms with Crippen molar-refractivity contribution in [2.75, 3.05) is 0 Å². The fraction of sp³-hybridized carbons (Fsp3) is 0.167. The minimum absolute atomic E-state index is 0.753. The highest BCUT2D eigenvalue weighted by molar-refractivity contribution is 6.30. The van der Waals surface area contributed by atoms with Gasteiger partial charge in [-0.3, -0.25) is 0 Å². The molecule has 0 atom stereocenters. The van der Waals surface area contributed by atoms with Crippen molar-refractivity contribution in [3.8, 4) is 0 Å². The van der Waals surface area contributed by atoms with Gasteiger partial charge in [0, 0.05) is 17.3 Å². The highest BCUT2D eigenvalue weighted by Crippen LogP contribution is 2.10. The molecule has 0 radical (unpaired) electrons. The van der Waals surface area contributed by atoms with Crippen molar-refractivity contribution in [3.05, 3.63) is 59.3 Å². The van der Waals surface area contributed by atoms with Gasteiger partial charge in [-0.25, -0.2) is 0 Å². The number of allylic oxidation sites excluding steroid dienone is 1. The maximum Gasteiger partial charge on any atom is 0.0406 e. The first kappa shape index (κ1) is 10.9. The topological polar surface area (TPSA) is 12.0 Å². The lowest BCUT2D eigenvalue weighted by molar-refractivity contribution is 0.824. The monoisotopic (exact) mass is 207 g/mol. The first-order valence-electron chi connectivity index (χ1n) is 4.42. The Balaban J connectivity index is 2.50. The SMILES string of the molecule is C=C(C)C(=C)NCc1ccc(Cl)cc1. The molecule has 0 heterocycles. The molecule has 0 fully saturated rings. The first-order valence-corrected chi connectivity index (χ1v) is 4.80. The Morgan fingerprint density at radius 1 is 1.29 bits per heavy atom. The zero-order valence-corrected chi connectivity index (χ0v) is 9.06. The van der Waals surface area contributed by atoms with Gasteiger partial charge in [0.05, 0.1) is 0 Å². The summed E-state index contributed by atoms with van der Waals surface area (Å²) in [6, 6.07) is 7.73. The molecule has 0 amide bonds. The Hall–Kier alpha value is -1.21. The molecule has 0 aliphatic rings. The minimum Gasteiger partial charge on any atom is -0.381 e. The molecule has 1 nitrogen and oxygen atoms in total. The summed E-state index contributed by atoms with van der Waals surface area (Å²) >= 11 is 5.77. The molecule has 1 rings (SSSR count). The summed E-state index contributed by atoms with van der Waals surface area (Å²) in [5.41, 5.74) is 3.01. The number of rotatable bonds is 4. The molecular formula is C12H14ClN. The molecule has 1 N–H and O–H groups in total. The fourth-order valence-corrected chi connectivity index (χ4v) is 1.09. The van der Waals surface area contributed by atoms with E-state index < -0.39 is 0 Å². The van der Waals surface area contributed by atoms with Crippen LogP contribution in [0.2, 0.25) is 5.02 Å². The molecule has 0 bridgehead atoms. The average Bonchev–Trinajstić information content (AvgIpc) is 2.16. The summed E-state index contributed by atoms with van der Waals surface area (Å²) < 4.78 is 0. The number of benzene rings is 1. The number of nitrogens with one attached hydrogen (secondary N) is 1. The largest absolute Gasteiger partial charge is 0.381 e. The van der Waals surface area contributed by atoms with Gasteiger partial charge in [-0.1, -0.05) is 36.9 Å². The Morgan fingerprint density at radius 2 is 1.86 bits per heavy atom. The molecule has 0 aliphatic heterocycles. The van der Waals surface area contributed by atoms with E-state index in [2.05, 4.69) is 18.5 Å². The summed E-state index contributed by atoms with van der Waals surface area (Å²) in [6.45, 7) is 10.3. The lowest BCUT2D eigenvalue weighted by Crippen LogP contribution is -2.12. The van der Waals surface area contributed by atoms with Gasteiger partial charge in [0.1, 0.15) is 0 Å². The van der Waals surface area contributed by atoms with E-state index in [1.54, 1.807) is 0 Å². The van der Waals surface area contributed by atoms with Gasteiger partial charge in [0.2, 0.25) is 0 Å². The molecule has 0 aliphatic carbocycles. The first-order chi connectivity index (χ1) is 6.59. The van der Waals surface area contributed by atoms with Crippen LogP contribution in [0.1, 0.15) is 12.5 Å². The summed E-state index contributed by atoms with van der Waals surface area (Å²) in [5, 5.41) is 3.94. The highest BCUT2D eigenvalue weighted by Gasteiger charge is 1.95. The molecule has 1 aromatic carbocycles. The van der Waals surface area contributed by atoms with Crippen LogP contribution in [-0.4, -0.2) is 0 Å². The van der Waals surface area contributed by atoms with E-state index in [9.17, 15) is 0 Å². The van der Waals surface area contributed by atoms with E-state index in [0.29, 0.717) is 0 Å². The van der Waals surface area contributed by atoms with E-state index in [1.807, 2.05) is 31.2 Å². The fourth-order valence-electron chi connectivity index (χ4n) is 0.962.